The largest absolute Gasteiger partial charge is 0.483 e. The highest BCUT2D eigenvalue weighted by molar-refractivity contribution is 7.16. The molecule has 2 aromatic carbocycles. The zero-order valence-electron chi connectivity index (χ0n) is 16.3. The number of hydrogen-bond donors (Lipinski definition) is 1. The smallest absolute Gasteiger partial charge is 0.264 e. The van der Waals surface area contributed by atoms with Crippen LogP contribution < -0.4 is 10.1 Å². The molecule has 0 aliphatic heterocycles. The number of aryl methyl sites for hydroxylation is 4. The number of rotatable bonds is 5. The maximum Gasteiger partial charge on any atom is 0.264 e. The lowest BCUT2D eigenvalue weighted by Crippen LogP contribution is -2.20. The first-order valence-corrected chi connectivity index (χ1v) is 9.70. The van der Waals surface area contributed by atoms with E-state index in [1.54, 1.807) is 0 Å². The summed E-state index contributed by atoms with van der Waals surface area (Å²) in [6, 6.07) is 12.3. The van der Waals surface area contributed by atoms with Gasteiger partial charge in [-0.25, -0.2) is 4.98 Å². The van der Waals surface area contributed by atoms with E-state index in [4.69, 9.17) is 4.74 Å². The number of aromatic nitrogens is 1. The number of carbonyl (C=O) groups excluding carboxylic acids is 1. The molecule has 4 nitrogen and oxygen atoms in total. The summed E-state index contributed by atoms with van der Waals surface area (Å²) in [7, 11) is 0. The summed E-state index contributed by atoms with van der Waals surface area (Å²) in [5.41, 5.74) is 6.40. The zero-order chi connectivity index (χ0) is 19.6. The highest BCUT2D eigenvalue weighted by atomic mass is 32.1. The quantitative estimate of drug-likeness (QED) is 0.647. The van der Waals surface area contributed by atoms with Crippen molar-refractivity contribution in [3.8, 4) is 17.0 Å². The SMILES string of the molecule is Cc1ccc(-c2nc(NC(=O)COc3c(C)ccc(C)c3C)sc2C)cc1. The Labute approximate surface area is 164 Å². The van der Waals surface area contributed by atoms with E-state index < -0.39 is 0 Å². The first-order chi connectivity index (χ1) is 12.8. The number of nitrogens with zero attached hydrogens (tertiary/aromatic N) is 1. The molecule has 27 heavy (non-hydrogen) atoms. The summed E-state index contributed by atoms with van der Waals surface area (Å²) < 4.78 is 5.78. The Morgan fingerprint density at radius 1 is 1.00 bits per heavy atom. The van der Waals surface area contributed by atoms with Crippen LogP contribution in [0.2, 0.25) is 0 Å². The first-order valence-electron chi connectivity index (χ1n) is 8.89. The van der Waals surface area contributed by atoms with Gasteiger partial charge in [0.2, 0.25) is 0 Å². The van der Waals surface area contributed by atoms with E-state index in [-0.39, 0.29) is 12.5 Å². The van der Waals surface area contributed by atoms with Gasteiger partial charge in [0.05, 0.1) is 5.69 Å². The lowest BCUT2D eigenvalue weighted by molar-refractivity contribution is -0.118. The summed E-state index contributed by atoms with van der Waals surface area (Å²) in [6.07, 6.45) is 0. The van der Waals surface area contributed by atoms with Crippen LogP contribution >= 0.6 is 11.3 Å². The second-order valence-electron chi connectivity index (χ2n) is 6.78. The third-order valence-electron chi connectivity index (χ3n) is 4.59. The average molecular weight is 381 g/mol. The van der Waals surface area contributed by atoms with E-state index in [0.29, 0.717) is 5.13 Å². The summed E-state index contributed by atoms with van der Waals surface area (Å²) in [5, 5.41) is 3.44. The Balaban J connectivity index is 1.68. The van der Waals surface area contributed by atoms with Crippen molar-refractivity contribution < 1.29 is 9.53 Å². The number of anilines is 1. The zero-order valence-corrected chi connectivity index (χ0v) is 17.2. The molecule has 1 N–H and O–H groups in total. The topological polar surface area (TPSA) is 51.2 Å². The van der Waals surface area contributed by atoms with Crippen molar-refractivity contribution in [1.82, 2.24) is 4.98 Å². The number of benzene rings is 2. The van der Waals surface area contributed by atoms with Crippen molar-refractivity contribution in [3.63, 3.8) is 0 Å². The molecule has 0 spiro atoms. The third kappa shape index (κ3) is 4.37. The minimum absolute atomic E-state index is 0.0381. The fourth-order valence-corrected chi connectivity index (χ4v) is 3.72. The number of hydrogen-bond acceptors (Lipinski definition) is 4. The summed E-state index contributed by atoms with van der Waals surface area (Å²) in [5.74, 6) is 0.570. The molecular formula is C22H24N2O2S. The molecule has 0 saturated carbocycles. The summed E-state index contributed by atoms with van der Waals surface area (Å²) in [4.78, 5) is 18.0. The van der Waals surface area contributed by atoms with Crippen LogP contribution in [-0.4, -0.2) is 17.5 Å². The molecule has 0 unspecified atom stereocenters. The van der Waals surface area contributed by atoms with Gasteiger partial charge in [-0.05, 0) is 51.3 Å². The van der Waals surface area contributed by atoms with Crippen LogP contribution in [-0.2, 0) is 4.79 Å². The highest BCUT2D eigenvalue weighted by Gasteiger charge is 2.14. The van der Waals surface area contributed by atoms with Crippen LogP contribution in [0.4, 0.5) is 5.13 Å². The molecule has 140 valence electrons. The Bertz CT molecular complexity index is 975. The minimum atomic E-state index is -0.209. The van der Waals surface area contributed by atoms with Crippen molar-refractivity contribution in [2.75, 3.05) is 11.9 Å². The lowest BCUT2D eigenvalue weighted by atomic mass is 10.1. The van der Waals surface area contributed by atoms with Gasteiger partial charge in [0.1, 0.15) is 5.75 Å². The fraction of sp³-hybridized carbons (Fsp3) is 0.273. The summed E-state index contributed by atoms with van der Waals surface area (Å²) >= 11 is 1.47. The molecule has 3 aromatic rings. The average Bonchev–Trinajstić information content (AvgIpc) is 2.99. The maximum atomic E-state index is 12.3. The second-order valence-corrected chi connectivity index (χ2v) is 7.98. The van der Waals surface area contributed by atoms with Crippen molar-refractivity contribution in [3.05, 3.63) is 63.5 Å². The molecule has 0 bridgehead atoms. The second kappa shape index (κ2) is 7.92. The van der Waals surface area contributed by atoms with Crippen molar-refractivity contribution in [2.24, 2.45) is 0 Å². The third-order valence-corrected chi connectivity index (χ3v) is 5.48. The van der Waals surface area contributed by atoms with Gasteiger partial charge in [0.15, 0.2) is 11.7 Å². The molecule has 0 radical (unpaired) electrons. The fourth-order valence-electron chi connectivity index (χ4n) is 2.87. The van der Waals surface area contributed by atoms with Gasteiger partial charge < -0.3 is 4.74 Å². The van der Waals surface area contributed by atoms with Gasteiger partial charge in [-0.15, -0.1) is 11.3 Å². The van der Waals surface area contributed by atoms with Gasteiger partial charge in [0, 0.05) is 10.4 Å². The van der Waals surface area contributed by atoms with Crippen LogP contribution in [0.15, 0.2) is 36.4 Å². The van der Waals surface area contributed by atoms with E-state index in [1.165, 1.54) is 16.9 Å². The molecule has 0 fully saturated rings. The molecule has 0 atom stereocenters. The standard InChI is InChI=1S/C22H24N2O2S/c1-13-6-10-18(11-7-13)20-17(5)27-22(24-20)23-19(25)12-26-21-15(3)9-8-14(2)16(21)4/h6-11H,12H2,1-5H3,(H,23,24,25). The normalized spacial score (nSPS) is 10.7. The molecule has 5 heteroatoms. The molecule has 0 aliphatic carbocycles. The predicted octanol–water partition coefficient (Wildman–Crippen LogP) is 5.37. The van der Waals surface area contributed by atoms with Gasteiger partial charge in [-0.2, -0.15) is 0 Å². The Morgan fingerprint density at radius 2 is 1.67 bits per heavy atom. The molecule has 3 rings (SSSR count). The van der Waals surface area contributed by atoms with Crippen LogP contribution in [0, 0.1) is 34.6 Å². The Hall–Kier alpha value is -2.66. The van der Waals surface area contributed by atoms with E-state index in [9.17, 15) is 4.79 Å². The van der Waals surface area contributed by atoms with Crippen molar-refractivity contribution >= 4 is 22.4 Å². The molecule has 1 aromatic heterocycles. The van der Waals surface area contributed by atoms with Crippen LogP contribution in [0.5, 0.6) is 5.75 Å². The number of thiazole rings is 1. The number of amides is 1. The predicted molar refractivity (Wildman–Crippen MR) is 112 cm³/mol. The molecule has 1 amide bonds. The number of carbonyl (C=O) groups is 1. The van der Waals surface area contributed by atoms with Crippen LogP contribution in [0.25, 0.3) is 11.3 Å². The maximum absolute atomic E-state index is 12.3. The molecule has 1 heterocycles. The van der Waals surface area contributed by atoms with E-state index in [0.717, 1.165) is 38.6 Å². The molecule has 0 aliphatic rings. The van der Waals surface area contributed by atoms with Gasteiger partial charge >= 0.3 is 0 Å². The number of ether oxygens (including phenoxy) is 1. The van der Waals surface area contributed by atoms with Crippen molar-refractivity contribution in [2.45, 2.75) is 34.6 Å². The summed E-state index contributed by atoms with van der Waals surface area (Å²) in [6.45, 7) is 10.1. The van der Waals surface area contributed by atoms with Gasteiger partial charge in [-0.1, -0.05) is 42.0 Å². The minimum Gasteiger partial charge on any atom is -0.483 e. The monoisotopic (exact) mass is 380 g/mol. The van der Waals surface area contributed by atoms with Crippen LogP contribution in [0.1, 0.15) is 27.1 Å². The first kappa shape index (κ1) is 19.1. The molecule has 0 saturated heterocycles. The molecular weight excluding hydrogens is 356 g/mol. The highest BCUT2D eigenvalue weighted by Crippen LogP contribution is 2.30. The van der Waals surface area contributed by atoms with E-state index in [1.807, 2.05) is 33.8 Å². The number of nitrogens with one attached hydrogen (secondary N) is 1. The van der Waals surface area contributed by atoms with E-state index >= 15 is 0 Å². The lowest BCUT2D eigenvalue weighted by Gasteiger charge is -2.13. The van der Waals surface area contributed by atoms with E-state index in [2.05, 4.69) is 47.6 Å². The van der Waals surface area contributed by atoms with Gasteiger partial charge in [-0.3, -0.25) is 10.1 Å². The van der Waals surface area contributed by atoms with Gasteiger partial charge in [0.25, 0.3) is 5.91 Å². The Morgan fingerprint density at radius 3 is 2.37 bits per heavy atom. The van der Waals surface area contributed by atoms with Crippen molar-refractivity contribution in [1.29, 1.82) is 0 Å². The Kier molecular flexibility index (Phi) is 5.61. The van der Waals surface area contributed by atoms with Crippen LogP contribution in [0.3, 0.4) is 0 Å².